The number of hydrazone groups is 1. The number of nitrogens with one attached hydrogen (secondary N) is 1. The van der Waals surface area contributed by atoms with Crippen LogP contribution >= 0.6 is 0 Å². The second-order valence-electron chi connectivity index (χ2n) is 8.17. The average Bonchev–Trinajstić information content (AvgIpc) is 3.36. The number of furan rings is 1. The lowest BCUT2D eigenvalue weighted by Crippen LogP contribution is -2.36. The number of sulfone groups is 1. The van der Waals surface area contributed by atoms with Gasteiger partial charge in [0, 0.05) is 24.3 Å². The van der Waals surface area contributed by atoms with Crippen LogP contribution in [0.15, 0.2) is 81.3 Å². The van der Waals surface area contributed by atoms with Crippen LogP contribution in [0.1, 0.15) is 41.4 Å². The van der Waals surface area contributed by atoms with Crippen molar-refractivity contribution in [3.05, 3.63) is 83.8 Å². The summed E-state index contributed by atoms with van der Waals surface area (Å²) in [5.41, 5.74) is 3.03. The number of hydrogen-bond acceptors (Lipinski definition) is 6. The van der Waals surface area contributed by atoms with Gasteiger partial charge < -0.3 is 9.73 Å². The van der Waals surface area contributed by atoms with Crippen molar-refractivity contribution < 1.29 is 22.4 Å². The van der Waals surface area contributed by atoms with Crippen LogP contribution in [0, 0.1) is 5.92 Å². The molecule has 1 atom stereocenters. The number of amides is 2. The van der Waals surface area contributed by atoms with E-state index in [1.54, 1.807) is 48.5 Å². The van der Waals surface area contributed by atoms with Crippen LogP contribution < -0.4 is 5.32 Å². The maximum absolute atomic E-state index is 12.7. The first-order chi connectivity index (χ1) is 16.2. The lowest BCUT2D eigenvalue weighted by molar-refractivity contribution is -0.133. The van der Waals surface area contributed by atoms with Gasteiger partial charge in [-0.05, 0) is 53.9 Å². The number of anilines is 1. The summed E-state index contributed by atoms with van der Waals surface area (Å²) in [5.74, 6) is -0.226. The van der Waals surface area contributed by atoms with Gasteiger partial charge in [0.25, 0.3) is 5.91 Å². The van der Waals surface area contributed by atoms with Gasteiger partial charge in [-0.15, -0.1) is 0 Å². The molecule has 9 heteroatoms. The van der Waals surface area contributed by atoms with E-state index in [1.165, 1.54) is 17.5 Å². The molecule has 0 fully saturated rings. The molecular formula is C25H25N3O5S. The third-order valence-corrected chi connectivity index (χ3v) is 6.81. The van der Waals surface area contributed by atoms with Crippen molar-refractivity contribution in [1.82, 2.24) is 5.01 Å². The fourth-order valence-corrected chi connectivity index (χ4v) is 4.41. The van der Waals surface area contributed by atoms with E-state index in [4.69, 9.17) is 4.42 Å². The van der Waals surface area contributed by atoms with Crippen LogP contribution in [0.3, 0.4) is 0 Å². The van der Waals surface area contributed by atoms with Crippen LogP contribution in [-0.2, 0) is 21.2 Å². The topological polar surface area (TPSA) is 109 Å². The molecule has 2 amide bonds. The highest BCUT2D eigenvalue weighted by Gasteiger charge is 2.29. The van der Waals surface area contributed by atoms with Gasteiger partial charge in [-0.25, -0.2) is 13.4 Å². The first-order valence-electron chi connectivity index (χ1n) is 10.9. The Morgan fingerprint density at radius 2 is 1.82 bits per heavy atom. The van der Waals surface area contributed by atoms with Crippen molar-refractivity contribution in [2.45, 2.75) is 31.2 Å². The van der Waals surface area contributed by atoms with E-state index in [0.717, 1.165) is 23.3 Å². The largest absolute Gasteiger partial charge is 0.459 e. The molecule has 176 valence electrons. The highest BCUT2D eigenvalue weighted by atomic mass is 32.2. The normalized spacial score (nSPS) is 16.3. The van der Waals surface area contributed by atoms with Gasteiger partial charge in [0.1, 0.15) is 0 Å². The van der Waals surface area contributed by atoms with E-state index in [9.17, 15) is 18.0 Å². The number of hydrogen-bond donors (Lipinski definition) is 1. The monoisotopic (exact) mass is 479 g/mol. The molecule has 1 N–H and O–H groups in total. The Labute approximate surface area is 198 Å². The average molecular weight is 480 g/mol. The minimum Gasteiger partial charge on any atom is -0.459 e. The van der Waals surface area contributed by atoms with E-state index in [1.807, 2.05) is 19.1 Å². The van der Waals surface area contributed by atoms with Gasteiger partial charge in [0.15, 0.2) is 15.6 Å². The molecule has 2 aromatic carbocycles. The summed E-state index contributed by atoms with van der Waals surface area (Å²) in [4.78, 5) is 25.1. The minimum atomic E-state index is -3.29. The van der Waals surface area contributed by atoms with Gasteiger partial charge in [0.05, 0.1) is 23.4 Å². The molecule has 1 aliphatic rings. The third kappa shape index (κ3) is 5.26. The summed E-state index contributed by atoms with van der Waals surface area (Å²) < 4.78 is 28.6. The van der Waals surface area contributed by atoms with Gasteiger partial charge in [-0.2, -0.15) is 5.10 Å². The van der Waals surface area contributed by atoms with E-state index < -0.39 is 9.84 Å². The quantitative estimate of drug-likeness (QED) is 0.549. The third-order valence-electron chi connectivity index (χ3n) is 5.68. The zero-order valence-corrected chi connectivity index (χ0v) is 19.7. The molecule has 1 aliphatic heterocycles. The Morgan fingerprint density at radius 1 is 1.12 bits per heavy atom. The second kappa shape index (κ2) is 9.64. The zero-order valence-electron chi connectivity index (χ0n) is 18.9. The Kier molecular flexibility index (Phi) is 6.65. The lowest BCUT2D eigenvalue weighted by atomic mass is 9.90. The van der Waals surface area contributed by atoms with Crippen molar-refractivity contribution in [1.29, 1.82) is 0 Å². The molecule has 34 heavy (non-hydrogen) atoms. The molecule has 1 unspecified atom stereocenters. The summed E-state index contributed by atoms with van der Waals surface area (Å²) in [6.45, 7) is 2.29. The number of carbonyl (C=O) groups is 2. The highest BCUT2D eigenvalue weighted by molar-refractivity contribution is 7.90. The van der Waals surface area contributed by atoms with E-state index in [0.29, 0.717) is 12.1 Å². The van der Waals surface area contributed by atoms with E-state index in [-0.39, 0.29) is 34.9 Å². The maximum Gasteiger partial charge on any atom is 0.291 e. The molecule has 4 rings (SSSR count). The van der Waals surface area contributed by atoms with Crippen molar-refractivity contribution in [2.75, 3.05) is 11.6 Å². The molecule has 0 aliphatic carbocycles. The molecule has 1 aromatic heterocycles. The summed E-state index contributed by atoms with van der Waals surface area (Å²) >= 11 is 0. The maximum atomic E-state index is 12.7. The van der Waals surface area contributed by atoms with Gasteiger partial charge in [0.2, 0.25) is 5.91 Å². The summed E-state index contributed by atoms with van der Waals surface area (Å²) in [7, 11) is -3.29. The predicted octanol–water partition coefficient (Wildman–Crippen LogP) is 4.10. The summed E-state index contributed by atoms with van der Waals surface area (Å²) in [5, 5.41) is 8.85. The van der Waals surface area contributed by atoms with Crippen molar-refractivity contribution in [3.8, 4) is 0 Å². The van der Waals surface area contributed by atoms with E-state index >= 15 is 0 Å². The Morgan fingerprint density at radius 3 is 2.41 bits per heavy atom. The minimum absolute atomic E-state index is 0.0352. The first-order valence-corrected chi connectivity index (χ1v) is 12.8. The molecule has 0 radical (unpaired) electrons. The van der Waals surface area contributed by atoms with Gasteiger partial charge >= 0.3 is 0 Å². The number of carbonyl (C=O) groups excluding carboxylic acids is 2. The van der Waals surface area contributed by atoms with Crippen LogP contribution in [0.25, 0.3) is 0 Å². The first kappa shape index (κ1) is 23.4. The zero-order chi connectivity index (χ0) is 24.3. The van der Waals surface area contributed by atoms with Gasteiger partial charge in [-0.1, -0.05) is 31.2 Å². The highest BCUT2D eigenvalue weighted by Crippen LogP contribution is 2.26. The Bertz CT molecular complexity index is 1310. The smallest absolute Gasteiger partial charge is 0.291 e. The van der Waals surface area contributed by atoms with Crippen molar-refractivity contribution >= 4 is 33.1 Å². The molecule has 0 spiro atoms. The molecule has 3 aromatic rings. The van der Waals surface area contributed by atoms with Gasteiger partial charge in [-0.3, -0.25) is 9.59 Å². The molecule has 8 nitrogen and oxygen atoms in total. The number of rotatable bonds is 7. The summed E-state index contributed by atoms with van der Waals surface area (Å²) in [6.07, 6.45) is 3.69. The van der Waals surface area contributed by atoms with Crippen LogP contribution in [-0.4, -0.2) is 37.2 Å². The molecule has 0 saturated heterocycles. The van der Waals surface area contributed by atoms with Crippen LogP contribution in [0.4, 0.5) is 5.69 Å². The SMILES string of the molecule is CCC1CC(=O)N(Cc2ccc(NC(=O)c3ccco3)cc2)N=C1c1ccc(S(C)(=O)=O)cc1. The van der Waals surface area contributed by atoms with E-state index in [2.05, 4.69) is 10.4 Å². The molecular weight excluding hydrogens is 454 g/mol. The Hall–Kier alpha value is -3.72. The molecule has 0 saturated carbocycles. The van der Waals surface area contributed by atoms with Crippen LogP contribution in [0.5, 0.6) is 0 Å². The fourth-order valence-electron chi connectivity index (χ4n) is 3.77. The van der Waals surface area contributed by atoms with Crippen molar-refractivity contribution in [2.24, 2.45) is 11.0 Å². The second-order valence-corrected chi connectivity index (χ2v) is 10.2. The van der Waals surface area contributed by atoms with Crippen molar-refractivity contribution in [3.63, 3.8) is 0 Å². The number of benzene rings is 2. The number of nitrogens with zero attached hydrogens (tertiary/aromatic N) is 2. The summed E-state index contributed by atoms with van der Waals surface area (Å²) in [6, 6.07) is 17.0. The molecule has 0 bridgehead atoms. The fraction of sp³-hybridized carbons (Fsp3) is 0.240. The lowest BCUT2D eigenvalue weighted by Gasteiger charge is -2.29. The Balaban J connectivity index is 1.51. The van der Waals surface area contributed by atoms with Crippen LogP contribution in [0.2, 0.25) is 0 Å². The molecule has 2 heterocycles. The predicted molar refractivity (Wildman–Crippen MR) is 128 cm³/mol. The standard InChI is InChI=1S/C25H25N3O5S/c1-3-18-15-23(29)28(27-24(18)19-8-12-21(13-9-19)34(2,31)32)16-17-6-10-20(11-7-17)26-25(30)22-5-4-14-33-22/h4-14,18H,3,15-16H2,1-2H3,(H,26,30).